The molecule has 1 aromatic carbocycles. The molecule has 5 nitrogen and oxygen atoms in total. The van der Waals surface area contributed by atoms with Crippen LogP contribution < -0.4 is 16.0 Å². The first-order valence-corrected chi connectivity index (χ1v) is 7.75. The molecule has 1 fully saturated rings. The maximum Gasteiger partial charge on any atom is 0.251 e. The Kier molecular flexibility index (Phi) is 7.03. The third-order valence-corrected chi connectivity index (χ3v) is 3.75. The summed E-state index contributed by atoms with van der Waals surface area (Å²) in [6.07, 6.45) is 0.975. The molecule has 1 heterocycles. The molecule has 2 rings (SSSR count). The molecule has 128 valence electrons. The zero-order chi connectivity index (χ0) is 16.2. The molecular weight excluding hydrogens is 314 g/mol. The standard InChI is InChI=1S/C17H25N3O2.ClH/c1-17(2,3)16(22)19-10-12-4-6-13(7-5-12)15(21)20-14-8-9-18-11-14;/h4-7,14,18H,8-11H2,1-3H3,(H,19,22)(H,20,21);1H. The van der Waals surface area contributed by atoms with Gasteiger partial charge in [-0.15, -0.1) is 12.4 Å². The van der Waals surface area contributed by atoms with Gasteiger partial charge < -0.3 is 16.0 Å². The van der Waals surface area contributed by atoms with Gasteiger partial charge in [-0.1, -0.05) is 32.9 Å². The lowest BCUT2D eigenvalue weighted by Crippen LogP contribution is -2.36. The summed E-state index contributed by atoms with van der Waals surface area (Å²) in [5.41, 5.74) is 1.24. The van der Waals surface area contributed by atoms with Crippen LogP contribution in [0.1, 0.15) is 43.1 Å². The Morgan fingerprint density at radius 1 is 1.22 bits per heavy atom. The van der Waals surface area contributed by atoms with Gasteiger partial charge in [0.05, 0.1) is 0 Å². The van der Waals surface area contributed by atoms with Crippen molar-refractivity contribution in [3.63, 3.8) is 0 Å². The average molecular weight is 340 g/mol. The van der Waals surface area contributed by atoms with Gasteiger partial charge in [-0.2, -0.15) is 0 Å². The van der Waals surface area contributed by atoms with E-state index in [4.69, 9.17) is 0 Å². The van der Waals surface area contributed by atoms with E-state index >= 15 is 0 Å². The molecule has 0 aromatic heterocycles. The highest BCUT2D eigenvalue weighted by Gasteiger charge is 2.20. The van der Waals surface area contributed by atoms with Gasteiger partial charge in [0, 0.05) is 30.1 Å². The lowest BCUT2D eigenvalue weighted by molar-refractivity contribution is -0.128. The molecule has 0 radical (unpaired) electrons. The van der Waals surface area contributed by atoms with E-state index < -0.39 is 5.41 Å². The van der Waals surface area contributed by atoms with Crippen LogP contribution in [0.15, 0.2) is 24.3 Å². The summed E-state index contributed by atoms with van der Waals surface area (Å²) in [4.78, 5) is 23.9. The highest BCUT2D eigenvalue weighted by atomic mass is 35.5. The second-order valence-corrected chi connectivity index (χ2v) is 6.79. The minimum atomic E-state index is -0.394. The van der Waals surface area contributed by atoms with Crippen LogP contribution in [-0.2, 0) is 11.3 Å². The van der Waals surface area contributed by atoms with Crippen molar-refractivity contribution in [2.45, 2.75) is 39.8 Å². The first-order chi connectivity index (χ1) is 10.4. The van der Waals surface area contributed by atoms with Crippen molar-refractivity contribution in [2.75, 3.05) is 13.1 Å². The molecule has 1 aliphatic heterocycles. The van der Waals surface area contributed by atoms with E-state index in [1.54, 1.807) is 12.1 Å². The van der Waals surface area contributed by atoms with Crippen LogP contribution in [0, 0.1) is 5.41 Å². The Bertz CT molecular complexity index is 532. The fraction of sp³-hybridized carbons (Fsp3) is 0.529. The Labute approximate surface area is 144 Å². The van der Waals surface area contributed by atoms with Crippen molar-refractivity contribution >= 4 is 24.2 Å². The van der Waals surface area contributed by atoms with Crippen LogP contribution in [0.25, 0.3) is 0 Å². The predicted octanol–water partition coefficient (Wildman–Crippen LogP) is 1.86. The van der Waals surface area contributed by atoms with Crippen molar-refractivity contribution in [3.05, 3.63) is 35.4 Å². The van der Waals surface area contributed by atoms with Crippen LogP contribution >= 0.6 is 12.4 Å². The predicted molar refractivity (Wildman–Crippen MR) is 93.7 cm³/mol. The van der Waals surface area contributed by atoms with E-state index in [-0.39, 0.29) is 30.3 Å². The van der Waals surface area contributed by atoms with E-state index in [2.05, 4.69) is 16.0 Å². The van der Waals surface area contributed by atoms with Crippen LogP contribution in [0.3, 0.4) is 0 Å². The Hall–Kier alpha value is -1.59. The van der Waals surface area contributed by atoms with Crippen LogP contribution in [-0.4, -0.2) is 30.9 Å². The van der Waals surface area contributed by atoms with E-state index in [1.165, 1.54) is 0 Å². The first kappa shape index (κ1) is 19.5. The van der Waals surface area contributed by atoms with E-state index in [1.807, 2.05) is 32.9 Å². The van der Waals surface area contributed by atoms with Gasteiger partial charge in [0.25, 0.3) is 5.91 Å². The molecule has 6 heteroatoms. The largest absolute Gasteiger partial charge is 0.352 e. The maximum absolute atomic E-state index is 12.1. The summed E-state index contributed by atoms with van der Waals surface area (Å²) in [7, 11) is 0. The zero-order valence-corrected chi connectivity index (χ0v) is 14.8. The number of benzene rings is 1. The number of carbonyl (C=O) groups is 2. The normalized spacial score (nSPS) is 17.3. The number of carbonyl (C=O) groups excluding carboxylic acids is 2. The summed E-state index contributed by atoms with van der Waals surface area (Å²) in [6.45, 7) is 7.92. The second kappa shape index (κ2) is 8.31. The molecule has 3 N–H and O–H groups in total. The SMILES string of the molecule is CC(C)(C)C(=O)NCc1ccc(C(=O)NC2CCNC2)cc1.Cl. The molecule has 23 heavy (non-hydrogen) atoms. The quantitative estimate of drug-likeness (QED) is 0.784. The number of halogens is 1. The smallest absolute Gasteiger partial charge is 0.251 e. The van der Waals surface area contributed by atoms with E-state index in [0.29, 0.717) is 12.1 Å². The summed E-state index contributed by atoms with van der Waals surface area (Å²) >= 11 is 0. The molecular formula is C17H26ClN3O2. The number of hydrogen-bond acceptors (Lipinski definition) is 3. The second-order valence-electron chi connectivity index (χ2n) is 6.79. The topological polar surface area (TPSA) is 70.2 Å². The van der Waals surface area contributed by atoms with Crippen molar-refractivity contribution in [1.82, 2.24) is 16.0 Å². The Morgan fingerprint density at radius 3 is 2.39 bits per heavy atom. The van der Waals surface area contributed by atoms with Gasteiger partial charge in [-0.3, -0.25) is 9.59 Å². The van der Waals surface area contributed by atoms with Gasteiger partial charge in [0.15, 0.2) is 0 Å². The number of rotatable bonds is 4. The lowest BCUT2D eigenvalue weighted by atomic mass is 9.95. The van der Waals surface area contributed by atoms with Gasteiger partial charge in [-0.25, -0.2) is 0 Å². The van der Waals surface area contributed by atoms with Crippen molar-refractivity contribution in [1.29, 1.82) is 0 Å². The lowest BCUT2D eigenvalue weighted by Gasteiger charge is -2.17. The van der Waals surface area contributed by atoms with E-state index in [0.717, 1.165) is 25.1 Å². The minimum Gasteiger partial charge on any atom is -0.352 e. The minimum absolute atomic E-state index is 0. The highest BCUT2D eigenvalue weighted by Crippen LogP contribution is 2.13. The molecule has 1 atom stereocenters. The molecule has 2 amide bonds. The van der Waals surface area contributed by atoms with Crippen molar-refractivity contribution < 1.29 is 9.59 Å². The number of nitrogens with one attached hydrogen (secondary N) is 3. The molecule has 0 aliphatic carbocycles. The van der Waals surface area contributed by atoms with Crippen LogP contribution in [0.5, 0.6) is 0 Å². The Morgan fingerprint density at radius 2 is 1.87 bits per heavy atom. The van der Waals surface area contributed by atoms with Gasteiger partial charge in [0.2, 0.25) is 5.91 Å². The summed E-state index contributed by atoms with van der Waals surface area (Å²) < 4.78 is 0. The summed E-state index contributed by atoms with van der Waals surface area (Å²) in [5.74, 6) is -0.0259. The van der Waals surface area contributed by atoms with Crippen molar-refractivity contribution in [3.8, 4) is 0 Å². The fourth-order valence-corrected chi connectivity index (χ4v) is 2.27. The Balaban J connectivity index is 0.00000264. The van der Waals surface area contributed by atoms with Gasteiger partial charge in [0.1, 0.15) is 0 Å². The zero-order valence-electron chi connectivity index (χ0n) is 13.9. The van der Waals surface area contributed by atoms with Gasteiger partial charge in [-0.05, 0) is 30.7 Å². The van der Waals surface area contributed by atoms with Crippen molar-refractivity contribution in [2.24, 2.45) is 5.41 Å². The molecule has 0 spiro atoms. The summed E-state index contributed by atoms with van der Waals surface area (Å²) in [5, 5.41) is 9.13. The third kappa shape index (κ3) is 5.84. The third-order valence-electron chi connectivity index (χ3n) is 3.75. The average Bonchev–Trinajstić information content (AvgIpc) is 2.97. The van der Waals surface area contributed by atoms with Gasteiger partial charge >= 0.3 is 0 Å². The highest BCUT2D eigenvalue weighted by molar-refractivity contribution is 5.94. The summed E-state index contributed by atoms with van der Waals surface area (Å²) in [6, 6.07) is 7.58. The first-order valence-electron chi connectivity index (χ1n) is 7.75. The van der Waals surface area contributed by atoms with Crippen LogP contribution in [0.4, 0.5) is 0 Å². The van der Waals surface area contributed by atoms with E-state index in [9.17, 15) is 9.59 Å². The number of amides is 2. The number of hydrogen-bond donors (Lipinski definition) is 3. The molecule has 1 aliphatic rings. The maximum atomic E-state index is 12.1. The fourth-order valence-electron chi connectivity index (χ4n) is 2.27. The molecule has 1 saturated heterocycles. The molecule has 1 aromatic rings. The monoisotopic (exact) mass is 339 g/mol. The van der Waals surface area contributed by atoms with Crippen LogP contribution in [0.2, 0.25) is 0 Å². The molecule has 0 bridgehead atoms. The molecule has 1 unspecified atom stereocenters. The molecule has 0 saturated carbocycles.